The Morgan fingerprint density at radius 3 is 2.88 bits per heavy atom. The minimum Gasteiger partial charge on any atom is -0.354 e. The molecule has 2 aromatic heterocycles. The first kappa shape index (κ1) is 16.1. The third kappa shape index (κ3) is 2.89. The zero-order chi connectivity index (χ0) is 17.6. The summed E-state index contributed by atoms with van der Waals surface area (Å²) in [7, 11) is 0. The van der Waals surface area contributed by atoms with Gasteiger partial charge in [-0.2, -0.15) is 0 Å². The molecule has 0 spiro atoms. The molecule has 0 unspecified atom stereocenters. The highest BCUT2D eigenvalue weighted by molar-refractivity contribution is 6.33. The van der Waals surface area contributed by atoms with Gasteiger partial charge in [0.1, 0.15) is 11.9 Å². The highest BCUT2D eigenvalue weighted by Crippen LogP contribution is 2.32. The standard InChI is InChI=1S/C17H18ClN5O2/c1-9-3-5-23(9)15-12(18)7-10-6-11(8-20-14(10)22-15)16(24)21-13-2-4-19-17(13)25/h6-9,13H,2-5H2,1H3,(H,19,25)(H,21,24)/t9-,13-/m0/s1. The molecule has 2 N–H and O–H groups in total. The maximum atomic E-state index is 12.4. The predicted molar refractivity (Wildman–Crippen MR) is 94.9 cm³/mol. The molecule has 2 aliphatic heterocycles. The molecule has 25 heavy (non-hydrogen) atoms. The molecule has 130 valence electrons. The van der Waals surface area contributed by atoms with Crippen LogP contribution < -0.4 is 15.5 Å². The van der Waals surface area contributed by atoms with Gasteiger partial charge in [-0.25, -0.2) is 9.97 Å². The third-order valence-corrected chi connectivity index (χ3v) is 5.09. The van der Waals surface area contributed by atoms with Crippen LogP contribution in [-0.2, 0) is 4.79 Å². The van der Waals surface area contributed by atoms with Crippen LogP contribution >= 0.6 is 11.6 Å². The van der Waals surface area contributed by atoms with Crippen molar-refractivity contribution in [3.8, 4) is 0 Å². The summed E-state index contributed by atoms with van der Waals surface area (Å²) in [5.41, 5.74) is 0.934. The number of halogens is 1. The second kappa shape index (κ2) is 6.15. The SMILES string of the molecule is C[C@H]1CCN1c1nc2ncc(C(=O)N[C@H]3CCNC3=O)cc2cc1Cl. The number of amides is 2. The number of anilines is 1. The smallest absolute Gasteiger partial charge is 0.253 e. The van der Waals surface area contributed by atoms with Gasteiger partial charge < -0.3 is 15.5 Å². The van der Waals surface area contributed by atoms with E-state index in [1.807, 2.05) is 0 Å². The van der Waals surface area contributed by atoms with Gasteiger partial charge in [0.05, 0.1) is 10.6 Å². The molecule has 4 rings (SSSR count). The molecule has 4 heterocycles. The number of carbonyl (C=O) groups excluding carboxylic acids is 2. The lowest BCUT2D eigenvalue weighted by Crippen LogP contribution is -2.46. The Balaban J connectivity index is 1.60. The maximum absolute atomic E-state index is 12.4. The lowest BCUT2D eigenvalue weighted by Gasteiger charge is -2.40. The fourth-order valence-corrected chi connectivity index (χ4v) is 3.43. The van der Waals surface area contributed by atoms with Gasteiger partial charge in [0.15, 0.2) is 5.65 Å². The van der Waals surface area contributed by atoms with E-state index in [1.54, 1.807) is 12.1 Å². The molecule has 0 bridgehead atoms. The van der Waals surface area contributed by atoms with Crippen LogP contribution in [0.5, 0.6) is 0 Å². The van der Waals surface area contributed by atoms with Gasteiger partial charge in [0.25, 0.3) is 5.91 Å². The van der Waals surface area contributed by atoms with E-state index < -0.39 is 6.04 Å². The van der Waals surface area contributed by atoms with Crippen LogP contribution in [0.1, 0.15) is 30.1 Å². The monoisotopic (exact) mass is 359 g/mol. The van der Waals surface area contributed by atoms with Crippen molar-refractivity contribution in [1.29, 1.82) is 0 Å². The van der Waals surface area contributed by atoms with Crippen LogP contribution in [0.25, 0.3) is 11.0 Å². The van der Waals surface area contributed by atoms with Gasteiger partial charge in [-0.15, -0.1) is 0 Å². The summed E-state index contributed by atoms with van der Waals surface area (Å²) in [4.78, 5) is 34.9. The molecule has 2 aromatic rings. The first-order valence-corrected chi connectivity index (χ1v) is 8.72. The summed E-state index contributed by atoms with van der Waals surface area (Å²) in [5, 5.41) is 6.67. The quantitative estimate of drug-likeness (QED) is 0.867. The van der Waals surface area contributed by atoms with E-state index in [0.717, 1.165) is 18.8 Å². The van der Waals surface area contributed by atoms with Crippen molar-refractivity contribution in [1.82, 2.24) is 20.6 Å². The molecule has 2 fully saturated rings. The van der Waals surface area contributed by atoms with Crippen molar-refractivity contribution in [2.45, 2.75) is 31.8 Å². The van der Waals surface area contributed by atoms with Gasteiger partial charge >= 0.3 is 0 Å². The van der Waals surface area contributed by atoms with Crippen LogP contribution in [0.3, 0.4) is 0 Å². The van der Waals surface area contributed by atoms with Crippen LogP contribution in [0.15, 0.2) is 18.3 Å². The topological polar surface area (TPSA) is 87.2 Å². The average molecular weight is 360 g/mol. The second-order valence-corrected chi connectivity index (χ2v) is 6.91. The van der Waals surface area contributed by atoms with Crippen molar-refractivity contribution in [2.75, 3.05) is 18.0 Å². The molecule has 0 aliphatic carbocycles. The Bertz CT molecular complexity index is 871. The van der Waals surface area contributed by atoms with Gasteiger partial charge in [-0.05, 0) is 31.9 Å². The van der Waals surface area contributed by atoms with E-state index in [1.165, 1.54) is 6.20 Å². The predicted octanol–water partition coefficient (Wildman–Crippen LogP) is 1.50. The number of hydrogen-bond donors (Lipinski definition) is 2. The Morgan fingerprint density at radius 2 is 2.24 bits per heavy atom. The first-order chi connectivity index (χ1) is 12.0. The minimum absolute atomic E-state index is 0.153. The van der Waals surface area contributed by atoms with Crippen molar-refractivity contribution in [3.05, 3.63) is 28.9 Å². The summed E-state index contributed by atoms with van der Waals surface area (Å²) < 4.78 is 0. The number of aromatic nitrogens is 2. The highest BCUT2D eigenvalue weighted by atomic mass is 35.5. The van der Waals surface area contributed by atoms with E-state index in [4.69, 9.17) is 11.6 Å². The summed E-state index contributed by atoms with van der Waals surface area (Å²) in [5.74, 6) is 0.258. The van der Waals surface area contributed by atoms with Crippen molar-refractivity contribution in [3.63, 3.8) is 0 Å². The Kier molecular flexibility index (Phi) is 3.95. The summed E-state index contributed by atoms with van der Waals surface area (Å²) in [6.45, 7) is 3.64. The Morgan fingerprint density at radius 1 is 1.40 bits per heavy atom. The van der Waals surface area contributed by atoms with E-state index in [2.05, 4.69) is 32.4 Å². The highest BCUT2D eigenvalue weighted by Gasteiger charge is 2.28. The molecule has 2 aliphatic rings. The number of pyridine rings is 2. The van der Waals surface area contributed by atoms with Crippen LogP contribution in [-0.4, -0.2) is 47.0 Å². The number of nitrogens with zero attached hydrogens (tertiary/aromatic N) is 3. The summed E-state index contributed by atoms with van der Waals surface area (Å²) in [6.07, 6.45) is 3.20. The van der Waals surface area contributed by atoms with Crippen molar-refractivity contribution >= 4 is 40.3 Å². The van der Waals surface area contributed by atoms with Crippen LogP contribution in [0.4, 0.5) is 5.82 Å². The molecule has 7 nitrogen and oxygen atoms in total. The third-order valence-electron chi connectivity index (χ3n) is 4.81. The average Bonchev–Trinajstić information content (AvgIpc) is 2.98. The minimum atomic E-state index is -0.486. The van der Waals surface area contributed by atoms with E-state index in [9.17, 15) is 9.59 Å². The lowest BCUT2D eigenvalue weighted by molar-refractivity contribution is -0.120. The zero-order valence-corrected chi connectivity index (χ0v) is 14.5. The number of hydrogen-bond acceptors (Lipinski definition) is 5. The number of carbonyl (C=O) groups is 2. The van der Waals surface area contributed by atoms with Crippen molar-refractivity contribution < 1.29 is 9.59 Å². The molecular weight excluding hydrogens is 342 g/mol. The molecule has 2 atom stereocenters. The summed E-state index contributed by atoms with van der Waals surface area (Å²) >= 11 is 6.38. The maximum Gasteiger partial charge on any atom is 0.253 e. The second-order valence-electron chi connectivity index (χ2n) is 6.50. The zero-order valence-electron chi connectivity index (χ0n) is 13.8. The van der Waals surface area contributed by atoms with E-state index in [0.29, 0.717) is 40.6 Å². The molecule has 2 amide bonds. The van der Waals surface area contributed by atoms with Crippen LogP contribution in [0.2, 0.25) is 5.02 Å². The molecule has 2 saturated heterocycles. The summed E-state index contributed by atoms with van der Waals surface area (Å²) in [6, 6.07) is 3.42. The Labute approximate surface area is 149 Å². The normalized spacial score (nSPS) is 22.6. The fourth-order valence-electron chi connectivity index (χ4n) is 3.16. The molecule has 8 heteroatoms. The van der Waals surface area contributed by atoms with Gasteiger partial charge in [0, 0.05) is 30.7 Å². The lowest BCUT2D eigenvalue weighted by atomic mass is 10.1. The van der Waals surface area contributed by atoms with Crippen molar-refractivity contribution in [2.24, 2.45) is 0 Å². The molecular formula is C17H18ClN5O2. The first-order valence-electron chi connectivity index (χ1n) is 8.34. The van der Waals surface area contributed by atoms with Gasteiger partial charge in [-0.1, -0.05) is 11.6 Å². The molecule has 0 radical (unpaired) electrons. The van der Waals surface area contributed by atoms with E-state index in [-0.39, 0.29) is 11.8 Å². The number of nitrogens with one attached hydrogen (secondary N) is 2. The van der Waals surface area contributed by atoms with Gasteiger partial charge in [0.2, 0.25) is 5.91 Å². The Hall–Kier alpha value is -2.41. The largest absolute Gasteiger partial charge is 0.354 e. The van der Waals surface area contributed by atoms with Crippen LogP contribution in [0, 0.1) is 0 Å². The van der Waals surface area contributed by atoms with Gasteiger partial charge in [-0.3, -0.25) is 9.59 Å². The fraction of sp³-hybridized carbons (Fsp3) is 0.412. The molecule has 0 aromatic carbocycles. The number of rotatable bonds is 3. The van der Waals surface area contributed by atoms with E-state index >= 15 is 0 Å². The molecule has 0 saturated carbocycles. The number of fused-ring (bicyclic) bond motifs is 1.